The summed E-state index contributed by atoms with van der Waals surface area (Å²) < 4.78 is 10.8. The van der Waals surface area contributed by atoms with Crippen molar-refractivity contribution in [3.63, 3.8) is 0 Å². The minimum absolute atomic E-state index is 0.0712. The van der Waals surface area contributed by atoms with Crippen LogP contribution in [-0.4, -0.2) is 19.1 Å². The van der Waals surface area contributed by atoms with Crippen LogP contribution in [0, 0.1) is 0 Å². The molecule has 0 heterocycles. The van der Waals surface area contributed by atoms with Crippen molar-refractivity contribution < 1.29 is 14.3 Å². The average molecular weight is 306 g/mol. The van der Waals surface area contributed by atoms with Crippen molar-refractivity contribution in [2.45, 2.75) is 6.92 Å². The number of carbonyl (C=O) groups excluding carboxylic acids is 1. The summed E-state index contributed by atoms with van der Waals surface area (Å²) in [5.74, 6) is 1.07. The molecule has 1 amide bonds. The Balaban J connectivity index is 1.86. The van der Waals surface area contributed by atoms with Crippen LogP contribution in [0.2, 0.25) is 5.02 Å². The van der Waals surface area contributed by atoms with E-state index in [0.717, 1.165) is 0 Å². The first-order valence-electron chi connectivity index (χ1n) is 6.58. The van der Waals surface area contributed by atoms with Gasteiger partial charge in [0, 0.05) is 16.8 Å². The van der Waals surface area contributed by atoms with Crippen molar-refractivity contribution in [1.82, 2.24) is 0 Å². The second-order valence-corrected chi connectivity index (χ2v) is 4.69. The lowest BCUT2D eigenvalue weighted by Crippen LogP contribution is -2.20. The molecule has 4 nitrogen and oxygen atoms in total. The number of rotatable bonds is 6. The maximum Gasteiger partial charge on any atom is 0.262 e. The van der Waals surface area contributed by atoms with Crippen LogP contribution in [0.4, 0.5) is 5.69 Å². The zero-order valence-electron chi connectivity index (χ0n) is 11.6. The molecule has 0 fully saturated rings. The summed E-state index contributed by atoms with van der Waals surface area (Å²) in [4.78, 5) is 11.8. The molecule has 5 heteroatoms. The monoisotopic (exact) mass is 305 g/mol. The minimum atomic E-state index is -0.237. The van der Waals surface area contributed by atoms with Gasteiger partial charge in [-0.15, -0.1) is 0 Å². The summed E-state index contributed by atoms with van der Waals surface area (Å²) in [5, 5.41) is 3.35. The molecule has 0 aliphatic rings. The Morgan fingerprint density at radius 1 is 1.10 bits per heavy atom. The summed E-state index contributed by atoms with van der Waals surface area (Å²) in [6.45, 7) is 2.42. The maximum atomic E-state index is 11.8. The summed E-state index contributed by atoms with van der Waals surface area (Å²) in [6.07, 6.45) is 0. The van der Waals surface area contributed by atoms with Gasteiger partial charge in [-0.3, -0.25) is 4.79 Å². The zero-order chi connectivity index (χ0) is 15.1. The molecule has 0 aromatic heterocycles. The van der Waals surface area contributed by atoms with Gasteiger partial charge < -0.3 is 14.8 Å². The standard InChI is InChI=1S/C16H16ClNO3/c1-2-20-14-4-3-5-15(10-14)21-11-16(19)18-13-8-6-12(17)7-9-13/h3-10H,2,11H2,1H3,(H,18,19). The van der Waals surface area contributed by atoms with Crippen LogP contribution in [0.5, 0.6) is 11.5 Å². The second kappa shape index (κ2) is 7.55. The first-order valence-corrected chi connectivity index (χ1v) is 6.96. The van der Waals surface area contributed by atoms with E-state index in [2.05, 4.69) is 5.32 Å². The van der Waals surface area contributed by atoms with Crippen LogP contribution in [0.3, 0.4) is 0 Å². The van der Waals surface area contributed by atoms with E-state index >= 15 is 0 Å². The average Bonchev–Trinajstić information content (AvgIpc) is 2.48. The summed E-state index contributed by atoms with van der Waals surface area (Å²) >= 11 is 5.78. The molecular weight excluding hydrogens is 290 g/mol. The molecule has 2 aromatic carbocycles. The molecule has 110 valence electrons. The minimum Gasteiger partial charge on any atom is -0.494 e. The third kappa shape index (κ3) is 5.00. The van der Waals surface area contributed by atoms with Gasteiger partial charge in [-0.05, 0) is 43.3 Å². The molecule has 0 saturated carbocycles. The van der Waals surface area contributed by atoms with Gasteiger partial charge in [-0.25, -0.2) is 0 Å². The largest absolute Gasteiger partial charge is 0.494 e. The number of anilines is 1. The lowest BCUT2D eigenvalue weighted by Gasteiger charge is -2.09. The molecule has 0 unspecified atom stereocenters. The Bertz CT molecular complexity index is 599. The van der Waals surface area contributed by atoms with E-state index in [1.54, 1.807) is 36.4 Å². The maximum absolute atomic E-state index is 11.8. The van der Waals surface area contributed by atoms with E-state index in [9.17, 15) is 4.79 Å². The molecule has 0 aliphatic carbocycles. The van der Waals surface area contributed by atoms with Gasteiger partial charge in [0.25, 0.3) is 5.91 Å². The fourth-order valence-corrected chi connectivity index (χ4v) is 1.83. The van der Waals surface area contributed by atoms with E-state index in [1.807, 2.05) is 19.1 Å². The Hall–Kier alpha value is -2.20. The smallest absolute Gasteiger partial charge is 0.262 e. The van der Waals surface area contributed by atoms with E-state index in [4.69, 9.17) is 21.1 Å². The van der Waals surface area contributed by atoms with Crippen LogP contribution < -0.4 is 14.8 Å². The Morgan fingerprint density at radius 2 is 1.76 bits per heavy atom. The van der Waals surface area contributed by atoms with Gasteiger partial charge in [0.05, 0.1) is 6.61 Å². The Kier molecular flexibility index (Phi) is 5.46. The van der Waals surface area contributed by atoms with E-state index < -0.39 is 0 Å². The highest BCUT2D eigenvalue weighted by molar-refractivity contribution is 6.30. The second-order valence-electron chi connectivity index (χ2n) is 4.25. The number of halogens is 1. The number of hydrogen-bond donors (Lipinski definition) is 1. The number of carbonyl (C=O) groups is 1. The normalized spacial score (nSPS) is 10.0. The zero-order valence-corrected chi connectivity index (χ0v) is 12.4. The molecule has 0 spiro atoms. The van der Waals surface area contributed by atoms with Crippen molar-refractivity contribution >= 4 is 23.2 Å². The Morgan fingerprint density at radius 3 is 2.43 bits per heavy atom. The van der Waals surface area contributed by atoms with E-state index in [0.29, 0.717) is 28.8 Å². The SMILES string of the molecule is CCOc1cccc(OCC(=O)Nc2ccc(Cl)cc2)c1. The Labute approximate surface area is 128 Å². The highest BCUT2D eigenvalue weighted by Gasteiger charge is 2.04. The fourth-order valence-electron chi connectivity index (χ4n) is 1.70. The van der Waals surface area contributed by atoms with Crippen LogP contribution in [-0.2, 0) is 4.79 Å². The number of benzene rings is 2. The van der Waals surface area contributed by atoms with Crippen LogP contribution in [0.25, 0.3) is 0 Å². The number of amides is 1. The van der Waals surface area contributed by atoms with Crippen LogP contribution in [0.15, 0.2) is 48.5 Å². The molecule has 2 aromatic rings. The quantitative estimate of drug-likeness (QED) is 0.884. The lowest BCUT2D eigenvalue weighted by molar-refractivity contribution is -0.118. The van der Waals surface area contributed by atoms with Gasteiger partial charge in [-0.1, -0.05) is 17.7 Å². The van der Waals surface area contributed by atoms with E-state index in [1.165, 1.54) is 0 Å². The number of nitrogens with one attached hydrogen (secondary N) is 1. The van der Waals surface area contributed by atoms with Crippen molar-refractivity contribution in [2.75, 3.05) is 18.5 Å². The summed E-state index contributed by atoms with van der Waals surface area (Å²) in [6, 6.07) is 14.1. The first kappa shape index (κ1) is 15.2. The fraction of sp³-hybridized carbons (Fsp3) is 0.188. The predicted octanol–water partition coefficient (Wildman–Crippen LogP) is 3.76. The van der Waals surface area contributed by atoms with E-state index in [-0.39, 0.29) is 12.5 Å². The molecule has 0 atom stereocenters. The van der Waals surface area contributed by atoms with Crippen LogP contribution >= 0.6 is 11.6 Å². The third-order valence-electron chi connectivity index (χ3n) is 2.61. The molecule has 21 heavy (non-hydrogen) atoms. The molecule has 1 N–H and O–H groups in total. The van der Waals surface area contributed by atoms with Crippen LogP contribution in [0.1, 0.15) is 6.92 Å². The predicted molar refractivity (Wildman–Crippen MR) is 83.2 cm³/mol. The first-order chi connectivity index (χ1) is 10.2. The molecule has 0 aliphatic heterocycles. The number of ether oxygens (including phenoxy) is 2. The molecule has 2 rings (SSSR count). The molecule has 0 bridgehead atoms. The molecule has 0 radical (unpaired) electrons. The van der Waals surface area contributed by atoms with Crippen molar-refractivity contribution in [3.05, 3.63) is 53.6 Å². The summed E-state index contributed by atoms with van der Waals surface area (Å²) in [7, 11) is 0. The van der Waals surface area contributed by atoms with Gasteiger partial charge >= 0.3 is 0 Å². The van der Waals surface area contributed by atoms with Crippen molar-refractivity contribution in [1.29, 1.82) is 0 Å². The third-order valence-corrected chi connectivity index (χ3v) is 2.87. The van der Waals surface area contributed by atoms with Crippen molar-refractivity contribution in [3.8, 4) is 11.5 Å². The lowest BCUT2D eigenvalue weighted by atomic mass is 10.3. The van der Waals surface area contributed by atoms with Gasteiger partial charge in [-0.2, -0.15) is 0 Å². The van der Waals surface area contributed by atoms with Gasteiger partial charge in [0.1, 0.15) is 11.5 Å². The summed E-state index contributed by atoms with van der Waals surface area (Å²) in [5.41, 5.74) is 0.677. The molecule has 0 saturated heterocycles. The molecular formula is C16H16ClNO3. The van der Waals surface area contributed by atoms with Crippen molar-refractivity contribution in [2.24, 2.45) is 0 Å². The number of hydrogen-bond acceptors (Lipinski definition) is 3. The van der Waals surface area contributed by atoms with Gasteiger partial charge in [0.15, 0.2) is 6.61 Å². The van der Waals surface area contributed by atoms with Gasteiger partial charge in [0.2, 0.25) is 0 Å². The topological polar surface area (TPSA) is 47.6 Å². The highest BCUT2D eigenvalue weighted by Crippen LogP contribution is 2.19. The highest BCUT2D eigenvalue weighted by atomic mass is 35.5.